The van der Waals surface area contributed by atoms with Gasteiger partial charge in [0.1, 0.15) is 0 Å². The molecule has 0 fully saturated rings. The zero-order valence-electron chi connectivity index (χ0n) is 9.96. The second-order valence-corrected chi connectivity index (χ2v) is 10.4. The molecule has 0 unspecified atom stereocenters. The quantitative estimate of drug-likeness (QED) is 0.635. The summed E-state index contributed by atoms with van der Waals surface area (Å²) >= 11 is 0. The van der Waals surface area contributed by atoms with Crippen LogP contribution in [-0.2, 0) is 0 Å². The Morgan fingerprint density at radius 3 is 2.13 bits per heavy atom. The van der Waals surface area contributed by atoms with Gasteiger partial charge >= 0.3 is 0 Å². The van der Waals surface area contributed by atoms with Gasteiger partial charge in [-0.3, -0.25) is 0 Å². The maximum absolute atomic E-state index is 2.39. The van der Waals surface area contributed by atoms with E-state index in [4.69, 9.17) is 0 Å². The molecule has 0 bridgehead atoms. The molecule has 0 saturated heterocycles. The Bertz CT molecular complexity index is 492. The Kier molecular flexibility index (Phi) is 2.43. The summed E-state index contributed by atoms with van der Waals surface area (Å²) in [6.07, 6.45) is 0. The smallest absolute Gasteiger partial charge is 0.0656 e. The Hall–Kier alpha value is -1.08. The van der Waals surface area contributed by atoms with Crippen molar-refractivity contribution in [1.29, 1.82) is 0 Å². The van der Waals surface area contributed by atoms with E-state index >= 15 is 0 Å². The molecule has 2 aromatic carbocycles. The number of hydrogen-bond donors (Lipinski definition) is 0. The second kappa shape index (κ2) is 3.49. The van der Waals surface area contributed by atoms with Crippen molar-refractivity contribution in [2.75, 3.05) is 0 Å². The molecule has 2 aromatic rings. The third-order valence-electron chi connectivity index (χ3n) is 2.86. The molecule has 0 aliphatic rings. The molecule has 0 aliphatic heterocycles. The average molecular weight is 214 g/mol. The van der Waals surface area contributed by atoms with Crippen LogP contribution in [0.5, 0.6) is 0 Å². The molecule has 78 valence electrons. The Labute approximate surface area is 93.0 Å². The van der Waals surface area contributed by atoms with Gasteiger partial charge in [0.15, 0.2) is 0 Å². The van der Waals surface area contributed by atoms with Gasteiger partial charge in [-0.25, -0.2) is 0 Å². The van der Waals surface area contributed by atoms with Crippen molar-refractivity contribution >= 4 is 24.0 Å². The van der Waals surface area contributed by atoms with Gasteiger partial charge in [0, 0.05) is 0 Å². The lowest BCUT2D eigenvalue weighted by molar-refractivity contribution is 1.51. The summed E-state index contributed by atoms with van der Waals surface area (Å²) < 4.78 is 0. The van der Waals surface area contributed by atoms with Crippen molar-refractivity contribution in [3.8, 4) is 0 Å². The predicted molar refractivity (Wildman–Crippen MR) is 71.7 cm³/mol. The van der Waals surface area contributed by atoms with Crippen LogP contribution >= 0.6 is 0 Å². The molecule has 0 aliphatic carbocycles. The third-order valence-corrected chi connectivity index (χ3v) is 4.90. The molecule has 0 N–H and O–H groups in total. The molecule has 0 atom stereocenters. The summed E-state index contributed by atoms with van der Waals surface area (Å²) in [6, 6.07) is 13.6. The van der Waals surface area contributed by atoms with E-state index in [0.29, 0.717) is 0 Å². The van der Waals surface area contributed by atoms with Crippen molar-refractivity contribution in [1.82, 2.24) is 0 Å². The van der Waals surface area contributed by atoms with Gasteiger partial charge in [0.05, 0.1) is 8.07 Å². The fraction of sp³-hybridized carbons (Fsp3) is 0.286. The van der Waals surface area contributed by atoms with Gasteiger partial charge in [0.25, 0.3) is 0 Å². The monoisotopic (exact) mass is 214 g/mol. The summed E-state index contributed by atoms with van der Waals surface area (Å²) in [5.41, 5.74) is 1.34. The largest absolute Gasteiger partial charge is 0.0776 e. The van der Waals surface area contributed by atoms with Crippen LogP contribution in [0.2, 0.25) is 19.6 Å². The molecule has 0 amide bonds. The lowest BCUT2D eigenvalue weighted by Crippen LogP contribution is -2.37. The van der Waals surface area contributed by atoms with Crippen LogP contribution in [0.15, 0.2) is 36.4 Å². The molecule has 0 saturated carbocycles. The van der Waals surface area contributed by atoms with Crippen LogP contribution in [0.1, 0.15) is 5.56 Å². The summed E-state index contributed by atoms with van der Waals surface area (Å²) in [5, 5.41) is 4.28. The fourth-order valence-electron chi connectivity index (χ4n) is 1.83. The molecule has 0 spiro atoms. The van der Waals surface area contributed by atoms with E-state index < -0.39 is 8.07 Å². The number of aryl methyl sites for hydroxylation is 1. The zero-order chi connectivity index (χ0) is 11.1. The van der Waals surface area contributed by atoms with Gasteiger partial charge in [-0.2, -0.15) is 0 Å². The highest BCUT2D eigenvalue weighted by Crippen LogP contribution is 2.16. The Morgan fingerprint density at radius 1 is 0.800 bits per heavy atom. The first kappa shape index (κ1) is 10.4. The van der Waals surface area contributed by atoms with Gasteiger partial charge in [-0.15, -0.1) is 0 Å². The van der Waals surface area contributed by atoms with E-state index in [1.54, 1.807) is 5.19 Å². The van der Waals surface area contributed by atoms with Crippen molar-refractivity contribution in [2.24, 2.45) is 0 Å². The van der Waals surface area contributed by atoms with Crippen LogP contribution in [-0.4, -0.2) is 8.07 Å². The van der Waals surface area contributed by atoms with Gasteiger partial charge in [-0.1, -0.05) is 66.8 Å². The lowest BCUT2D eigenvalue weighted by Gasteiger charge is -2.17. The van der Waals surface area contributed by atoms with Crippen molar-refractivity contribution in [3.05, 3.63) is 42.0 Å². The first-order valence-corrected chi connectivity index (χ1v) is 8.98. The number of fused-ring (bicyclic) bond motifs is 1. The molecule has 0 heterocycles. The molecule has 1 heteroatoms. The number of benzene rings is 2. The van der Waals surface area contributed by atoms with Crippen molar-refractivity contribution in [2.45, 2.75) is 26.6 Å². The maximum Gasteiger partial charge on any atom is 0.0776 e. The highest BCUT2D eigenvalue weighted by atomic mass is 28.3. The van der Waals surface area contributed by atoms with Crippen LogP contribution in [0.3, 0.4) is 0 Å². The molecular formula is C14H18Si. The van der Waals surface area contributed by atoms with E-state index in [1.165, 1.54) is 16.3 Å². The van der Waals surface area contributed by atoms with Crippen LogP contribution in [0, 0.1) is 6.92 Å². The highest BCUT2D eigenvalue weighted by Gasteiger charge is 2.15. The minimum atomic E-state index is -1.17. The first-order valence-electron chi connectivity index (χ1n) is 5.48. The van der Waals surface area contributed by atoms with E-state index in [0.717, 1.165) is 0 Å². The van der Waals surface area contributed by atoms with Crippen LogP contribution < -0.4 is 5.19 Å². The van der Waals surface area contributed by atoms with Crippen LogP contribution in [0.25, 0.3) is 10.8 Å². The Balaban J connectivity index is 2.64. The summed E-state index contributed by atoms with van der Waals surface area (Å²) in [6.45, 7) is 9.33. The van der Waals surface area contributed by atoms with Gasteiger partial charge in [-0.05, 0) is 17.7 Å². The minimum absolute atomic E-state index is 1.17. The van der Waals surface area contributed by atoms with E-state index in [1.807, 2.05) is 0 Å². The SMILES string of the molecule is Cc1ccc2ccc([Si](C)(C)C)cc2c1. The second-order valence-electron chi connectivity index (χ2n) is 5.32. The molecule has 0 nitrogen and oxygen atoms in total. The highest BCUT2D eigenvalue weighted by molar-refractivity contribution is 6.88. The molecular weight excluding hydrogens is 196 g/mol. The topological polar surface area (TPSA) is 0 Å². The van der Waals surface area contributed by atoms with E-state index in [9.17, 15) is 0 Å². The summed E-state index contributed by atoms with van der Waals surface area (Å²) in [5.74, 6) is 0. The fourth-order valence-corrected chi connectivity index (χ4v) is 3.00. The van der Waals surface area contributed by atoms with E-state index in [2.05, 4.69) is 63.0 Å². The third kappa shape index (κ3) is 2.12. The molecule has 0 radical (unpaired) electrons. The maximum atomic E-state index is 2.39. The van der Waals surface area contributed by atoms with Gasteiger partial charge in [0.2, 0.25) is 0 Å². The standard InChI is InChI=1S/C14H18Si/c1-11-5-6-12-7-8-14(15(2,3)4)10-13(12)9-11/h5-10H,1-4H3. The number of hydrogen-bond acceptors (Lipinski definition) is 0. The summed E-state index contributed by atoms with van der Waals surface area (Å²) in [7, 11) is -1.17. The molecule has 0 aromatic heterocycles. The summed E-state index contributed by atoms with van der Waals surface area (Å²) in [4.78, 5) is 0. The minimum Gasteiger partial charge on any atom is -0.0656 e. The van der Waals surface area contributed by atoms with Crippen molar-refractivity contribution < 1.29 is 0 Å². The first-order chi connectivity index (χ1) is 6.97. The van der Waals surface area contributed by atoms with Crippen LogP contribution in [0.4, 0.5) is 0 Å². The molecule has 15 heavy (non-hydrogen) atoms. The average Bonchev–Trinajstić information content (AvgIpc) is 2.15. The zero-order valence-corrected chi connectivity index (χ0v) is 11.0. The molecule has 2 rings (SSSR count). The van der Waals surface area contributed by atoms with E-state index in [-0.39, 0.29) is 0 Å². The normalized spacial score (nSPS) is 12.0. The predicted octanol–water partition coefficient (Wildman–Crippen LogP) is 3.69. The lowest BCUT2D eigenvalue weighted by atomic mass is 10.1. The van der Waals surface area contributed by atoms with Gasteiger partial charge < -0.3 is 0 Å². The Morgan fingerprint density at radius 2 is 1.47 bits per heavy atom. The number of rotatable bonds is 1. The van der Waals surface area contributed by atoms with Crippen molar-refractivity contribution in [3.63, 3.8) is 0 Å².